The van der Waals surface area contributed by atoms with Crippen molar-refractivity contribution < 1.29 is 9.90 Å². The monoisotopic (exact) mass is 415 g/mol. The van der Waals surface area contributed by atoms with Gasteiger partial charge in [0.15, 0.2) is 5.82 Å². The number of amides is 1. The Labute approximate surface area is 178 Å². The molecule has 3 aromatic heterocycles. The van der Waals surface area contributed by atoms with Gasteiger partial charge in [0.25, 0.3) is 0 Å². The quantitative estimate of drug-likeness (QED) is 0.527. The summed E-state index contributed by atoms with van der Waals surface area (Å²) in [7, 11) is 0. The predicted octanol–water partition coefficient (Wildman–Crippen LogP) is 3.36. The predicted molar refractivity (Wildman–Crippen MR) is 118 cm³/mol. The molecule has 0 saturated carbocycles. The van der Waals surface area contributed by atoms with E-state index in [-0.39, 0.29) is 0 Å². The van der Waals surface area contributed by atoms with E-state index in [1.54, 1.807) is 18.6 Å². The number of para-hydroxylation sites is 1. The molecule has 1 aliphatic heterocycles. The molecule has 0 spiro atoms. The highest BCUT2D eigenvalue weighted by atomic mass is 16.4. The number of hydrogen-bond acceptors (Lipinski definition) is 6. The van der Waals surface area contributed by atoms with Crippen LogP contribution in [0.3, 0.4) is 0 Å². The largest absolute Gasteiger partial charge is 0.465 e. The number of hydrogen-bond donors (Lipinski definition) is 2. The summed E-state index contributed by atoms with van der Waals surface area (Å²) in [5, 5.41) is 18.2. The van der Waals surface area contributed by atoms with Crippen LogP contribution in [0, 0.1) is 0 Å². The van der Waals surface area contributed by atoms with Crippen molar-refractivity contribution in [2.75, 3.05) is 36.4 Å². The molecule has 1 aromatic carbocycles. The number of anilines is 3. The lowest BCUT2D eigenvalue weighted by Crippen LogP contribution is -2.48. The second kappa shape index (κ2) is 7.94. The maximum atomic E-state index is 11.2. The number of carboxylic acid groups (broad SMARTS) is 1. The number of pyridine rings is 2. The van der Waals surface area contributed by atoms with Crippen LogP contribution in [0.4, 0.5) is 22.1 Å². The van der Waals surface area contributed by atoms with Crippen molar-refractivity contribution in [1.82, 2.24) is 24.6 Å². The first-order valence-corrected chi connectivity index (χ1v) is 10.0. The summed E-state index contributed by atoms with van der Waals surface area (Å²) in [6.07, 6.45) is 4.45. The molecule has 4 aromatic rings. The molecule has 0 aliphatic carbocycles. The van der Waals surface area contributed by atoms with Crippen LogP contribution in [-0.4, -0.2) is 62.0 Å². The smallest absolute Gasteiger partial charge is 0.407 e. The van der Waals surface area contributed by atoms with E-state index in [0.29, 0.717) is 26.2 Å². The zero-order chi connectivity index (χ0) is 21.2. The number of rotatable bonds is 4. The molecule has 1 amide bonds. The number of nitrogens with one attached hydrogen (secondary N) is 1. The van der Waals surface area contributed by atoms with Gasteiger partial charge in [0.05, 0.1) is 29.3 Å². The van der Waals surface area contributed by atoms with E-state index in [4.69, 9.17) is 10.2 Å². The number of piperazine rings is 1. The number of benzene rings is 1. The first kappa shape index (κ1) is 18.9. The van der Waals surface area contributed by atoms with Crippen LogP contribution in [0.25, 0.3) is 16.6 Å². The second-order valence-corrected chi connectivity index (χ2v) is 7.28. The fraction of sp³-hybridized carbons (Fsp3) is 0.182. The standard InChI is InChI=1S/C22H21N7O2/c30-22(31)28-11-9-27(10-12-28)16-13-17(15-23-14-16)29-19-6-2-1-5-18(19)21(26-29)25-20-7-3-4-8-24-20/h1-8,13-15H,9-12H2,(H,30,31)(H,24,25,26). The number of carbonyl (C=O) groups is 1. The summed E-state index contributed by atoms with van der Waals surface area (Å²) < 4.78 is 1.87. The first-order chi connectivity index (χ1) is 15.2. The molecule has 31 heavy (non-hydrogen) atoms. The molecule has 1 saturated heterocycles. The number of nitrogens with zero attached hydrogens (tertiary/aromatic N) is 6. The zero-order valence-electron chi connectivity index (χ0n) is 16.7. The minimum absolute atomic E-state index is 0.475. The van der Waals surface area contributed by atoms with Gasteiger partial charge in [0, 0.05) is 37.8 Å². The Morgan fingerprint density at radius 3 is 2.52 bits per heavy atom. The van der Waals surface area contributed by atoms with Gasteiger partial charge < -0.3 is 20.2 Å². The van der Waals surface area contributed by atoms with E-state index >= 15 is 0 Å². The maximum Gasteiger partial charge on any atom is 0.407 e. The lowest BCUT2D eigenvalue weighted by atomic mass is 10.2. The molecular formula is C22H21N7O2. The highest BCUT2D eigenvalue weighted by Gasteiger charge is 2.21. The molecule has 2 N–H and O–H groups in total. The van der Waals surface area contributed by atoms with Gasteiger partial charge in [0.2, 0.25) is 0 Å². The van der Waals surface area contributed by atoms with Gasteiger partial charge in [-0.15, -0.1) is 5.10 Å². The van der Waals surface area contributed by atoms with Crippen molar-refractivity contribution in [3.8, 4) is 5.69 Å². The van der Waals surface area contributed by atoms with Crippen LogP contribution in [0.15, 0.2) is 67.1 Å². The number of aromatic nitrogens is 4. The zero-order valence-corrected chi connectivity index (χ0v) is 16.7. The molecule has 0 radical (unpaired) electrons. The van der Waals surface area contributed by atoms with Gasteiger partial charge in [0.1, 0.15) is 5.82 Å². The van der Waals surface area contributed by atoms with E-state index in [1.165, 1.54) is 4.90 Å². The lowest BCUT2D eigenvalue weighted by Gasteiger charge is -2.34. The molecule has 1 aliphatic rings. The average molecular weight is 415 g/mol. The summed E-state index contributed by atoms with van der Waals surface area (Å²) >= 11 is 0. The highest BCUT2D eigenvalue weighted by Crippen LogP contribution is 2.28. The summed E-state index contributed by atoms with van der Waals surface area (Å²) in [6, 6.07) is 15.7. The fourth-order valence-corrected chi connectivity index (χ4v) is 3.77. The maximum absolute atomic E-state index is 11.2. The van der Waals surface area contributed by atoms with Crippen LogP contribution in [0.1, 0.15) is 0 Å². The van der Waals surface area contributed by atoms with Crippen LogP contribution >= 0.6 is 0 Å². The van der Waals surface area contributed by atoms with Crippen molar-refractivity contribution >= 4 is 34.3 Å². The van der Waals surface area contributed by atoms with Crippen LogP contribution in [0.5, 0.6) is 0 Å². The Hall–Kier alpha value is -4.14. The SMILES string of the molecule is O=C(O)N1CCN(c2cncc(-n3nc(Nc4ccccn4)c4ccccc43)c2)CC1. The molecule has 0 unspecified atom stereocenters. The summed E-state index contributed by atoms with van der Waals surface area (Å²) in [5.41, 5.74) is 2.74. The van der Waals surface area contributed by atoms with Gasteiger partial charge in [-0.3, -0.25) is 4.98 Å². The van der Waals surface area contributed by atoms with Crippen LogP contribution in [-0.2, 0) is 0 Å². The summed E-state index contributed by atoms with van der Waals surface area (Å²) in [5.74, 6) is 1.44. The molecule has 4 heterocycles. The van der Waals surface area contributed by atoms with Crippen molar-refractivity contribution in [2.45, 2.75) is 0 Å². The molecule has 0 bridgehead atoms. The van der Waals surface area contributed by atoms with Crippen molar-refractivity contribution in [2.24, 2.45) is 0 Å². The average Bonchev–Trinajstić information content (AvgIpc) is 3.18. The molecular weight excluding hydrogens is 394 g/mol. The second-order valence-electron chi connectivity index (χ2n) is 7.28. The van der Waals surface area contributed by atoms with E-state index < -0.39 is 6.09 Å². The Morgan fingerprint density at radius 1 is 0.968 bits per heavy atom. The van der Waals surface area contributed by atoms with Crippen molar-refractivity contribution in [3.05, 3.63) is 67.1 Å². The third kappa shape index (κ3) is 3.73. The fourth-order valence-electron chi connectivity index (χ4n) is 3.77. The van der Waals surface area contributed by atoms with E-state index in [2.05, 4.69) is 20.2 Å². The number of fused-ring (bicyclic) bond motifs is 1. The minimum Gasteiger partial charge on any atom is -0.465 e. The Balaban J connectivity index is 1.47. The van der Waals surface area contributed by atoms with Gasteiger partial charge in [-0.25, -0.2) is 14.5 Å². The molecule has 1 fully saturated rings. The lowest BCUT2D eigenvalue weighted by molar-refractivity contribution is 0.142. The minimum atomic E-state index is -0.873. The van der Waals surface area contributed by atoms with Crippen molar-refractivity contribution in [3.63, 3.8) is 0 Å². The van der Waals surface area contributed by atoms with E-state index in [9.17, 15) is 4.79 Å². The third-order valence-corrected chi connectivity index (χ3v) is 5.37. The Bertz CT molecular complexity index is 1220. The van der Waals surface area contributed by atoms with Gasteiger partial charge in [-0.05, 0) is 30.3 Å². The van der Waals surface area contributed by atoms with Crippen molar-refractivity contribution in [1.29, 1.82) is 0 Å². The Kier molecular flexibility index (Phi) is 4.83. The van der Waals surface area contributed by atoms with Gasteiger partial charge >= 0.3 is 6.09 Å². The molecule has 156 valence electrons. The third-order valence-electron chi connectivity index (χ3n) is 5.37. The normalized spacial score (nSPS) is 14.1. The van der Waals surface area contributed by atoms with Crippen LogP contribution < -0.4 is 10.2 Å². The van der Waals surface area contributed by atoms with Gasteiger partial charge in [-0.1, -0.05) is 18.2 Å². The topological polar surface area (TPSA) is 99.4 Å². The van der Waals surface area contributed by atoms with E-state index in [0.717, 1.165) is 33.9 Å². The first-order valence-electron chi connectivity index (χ1n) is 10.0. The molecule has 9 nitrogen and oxygen atoms in total. The molecule has 5 rings (SSSR count). The van der Waals surface area contributed by atoms with Crippen LogP contribution in [0.2, 0.25) is 0 Å². The van der Waals surface area contributed by atoms with Gasteiger partial charge in [-0.2, -0.15) is 0 Å². The Morgan fingerprint density at radius 2 is 1.74 bits per heavy atom. The highest BCUT2D eigenvalue weighted by molar-refractivity contribution is 5.92. The molecule has 0 atom stereocenters. The van der Waals surface area contributed by atoms with E-state index in [1.807, 2.05) is 53.2 Å². The summed E-state index contributed by atoms with van der Waals surface area (Å²) in [6.45, 7) is 2.21. The molecule has 9 heteroatoms. The summed E-state index contributed by atoms with van der Waals surface area (Å²) in [4.78, 5) is 23.5.